The maximum absolute atomic E-state index is 10.8. The molecule has 0 amide bonds. The molecule has 1 nitrogen and oxygen atoms in total. The van der Waals surface area contributed by atoms with Crippen LogP contribution in [-0.2, 0) is 70.2 Å². The van der Waals surface area contributed by atoms with Crippen molar-refractivity contribution in [1.82, 2.24) is 0 Å². The number of ether oxygens (including phenoxy) is 1. The van der Waals surface area contributed by atoms with Crippen LogP contribution in [-0.4, -0.2) is 20.5 Å². The predicted molar refractivity (Wildman–Crippen MR) is 33.2 cm³/mol. The second-order valence-corrected chi connectivity index (χ2v) is 1.12. The molecule has 0 unspecified atom stereocenters. The molecule has 0 aromatic carbocycles. The number of hydrogen-bond donors (Lipinski definition) is 0. The second-order valence-electron chi connectivity index (χ2n) is 1.12. The SMILES string of the molecule is CO[CH-]CF.C[CH-]CF.[Y].[Y]. The monoisotopic (exact) mass is 316 g/mol. The Labute approximate surface area is 118 Å². The third-order valence-corrected chi connectivity index (χ3v) is 0.384. The van der Waals surface area contributed by atoms with E-state index in [9.17, 15) is 8.78 Å². The molecule has 0 aromatic heterocycles. The van der Waals surface area contributed by atoms with Crippen LogP contribution in [0.4, 0.5) is 8.78 Å². The van der Waals surface area contributed by atoms with E-state index in [1.807, 2.05) is 0 Å². The standard InChI is InChI=1S/C3H6FO.C3H6F.2Y/c1-5-3-2-4;1-2-3-4;;/h3H,2H2,1H3;2H,3H2,1H3;;/q2*-1;;. The van der Waals surface area contributed by atoms with E-state index < -0.39 is 6.67 Å². The summed E-state index contributed by atoms with van der Waals surface area (Å²) in [5.41, 5.74) is 0. The van der Waals surface area contributed by atoms with E-state index >= 15 is 0 Å². The molecule has 64 valence electrons. The fourth-order valence-corrected chi connectivity index (χ4v) is 0.0630. The van der Waals surface area contributed by atoms with E-state index in [1.54, 1.807) is 6.92 Å². The van der Waals surface area contributed by atoms with E-state index in [2.05, 4.69) is 4.74 Å². The molecule has 0 atom stereocenters. The van der Waals surface area contributed by atoms with Gasteiger partial charge in [-0.1, -0.05) is 0 Å². The Kier molecular flexibility index (Phi) is 62.3. The van der Waals surface area contributed by atoms with Gasteiger partial charge in [-0.05, 0) is 20.5 Å². The maximum Gasteiger partial charge on any atom is 0 e. The number of alkyl halides is 2. The van der Waals surface area contributed by atoms with Gasteiger partial charge >= 0.3 is 0 Å². The largest absolute Gasteiger partial charge is 0.552 e. The van der Waals surface area contributed by atoms with Gasteiger partial charge in [0.05, 0.1) is 0 Å². The Morgan fingerprint density at radius 2 is 1.55 bits per heavy atom. The zero-order valence-electron chi connectivity index (χ0n) is 6.89. The second kappa shape index (κ2) is 29.6. The van der Waals surface area contributed by atoms with Gasteiger partial charge in [0, 0.05) is 65.4 Å². The zero-order chi connectivity index (χ0) is 7.54. The quantitative estimate of drug-likeness (QED) is 0.723. The molecule has 0 spiro atoms. The molecule has 0 bridgehead atoms. The molecular weight excluding hydrogens is 304 g/mol. The third kappa shape index (κ3) is 47.8. The van der Waals surface area contributed by atoms with Crippen molar-refractivity contribution in [2.45, 2.75) is 6.92 Å². The van der Waals surface area contributed by atoms with E-state index in [0.717, 1.165) is 6.61 Å². The van der Waals surface area contributed by atoms with Crippen molar-refractivity contribution in [3.63, 3.8) is 0 Å². The minimum atomic E-state index is -0.503. The van der Waals surface area contributed by atoms with Crippen molar-refractivity contribution in [1.29, 1.82) is 0 Å². The van der Waals surface area contributed by atoms with Crippen molar-refractivity contribution in [3.05, 3.63) is 13.0 Å². The van der Waals surface area contributed by atoms with Crippen molar-refractivity contribution >= 4 is 0 Å². The van der Waals surface area contributed by atoms with E-state index in [0.29, 0.717) is 0 Å². The summed E-state index contributed by atoms with van der Waals surface area (Å²) in [6.45, 7) is 1.95. The van der Waals surface area contributed by atoms with E-state index in [-0.39, 0.29) is 72.1 Å². The smallest absolute Gasteiger partial charge is 0 e. The van der Waals surface area contributed by atoms with Crippen LogP contribution in [0.5, 0.6) is 0 Å². The molecule has 0 aromatic rings. The summed E-state index contributed by atoms with van der Waals surface area (Å²) in [6.07, 6.45) is 1.46. The van der Waals surface area contributed by atoms with Crippen LogP contribution in [0.1, 0.15) is 6.92 Å². The molecule has 0 aliphatic heterocycles. The number of hydrogen-bond acceptors (Lipinski definition) is 1. The summed E-state index contributed by atoms with van der Waals surface area (Å²) in [5, 5.41) is 0. The Balaban J connectivity index is -0.0000000383. The number of methoxy groups -OCH3 is 1. The molecule has 0 N–H and O–H groups in total. The van der Waals surface area contributed by atoms with Gasteiger partial charge in [0.2, 0.25) is 0 Å². The van der Waals surface area contributed by atoms with Crippen LogP contribution < -0.4 is 0 Å². The topological polar surface area (TPSA) is 9.23 Å². The van der Waals surface area contributed by atoms with Crippen molar-refractivity contribution in [2.75, 3.05) is 20.5 Å². The molecular formula is C6H12F2OY2-2. The van der Waals surface area contributed by atoms with Crippen molar-refractivity contribution in [3.8, 4) is 0 Å². The fraction of sp³-hybridized carbons (Fsp3) is 0.667. The van der Waals surface area contributed by atoms with Crippen molar-refractivity contribution < 1.29 is 78.9 Å². The van der Waals surface area contributed by atoms with Crippen LogP contribution in [0.2, 0.25) is 0 Å². The normalized spacial score (nSPS) is 6.55. The zero-order valence-corrected chi connectivity index (χ0v) is 12.6. The molecule has 0 heterocycles. The van der Waals surface area contributed by atoms with Gasteiger partial charge < -0.3 is 11.2 Å². The van der Waals surface area contributed by atoms with Crippen LogP contribution in [0, 0.1) is 13.0 Å². The summed E-state index contributed by atoms with van der Waals surface area (Å²) < 4.78 is 25.7. The average Bonchev–Trinajstić information content (AvgIpc) is 1.91. The number of rotatable bonds is 3. The summed E-state index contributed by atoms with van der Waals surface area (Å²) >= 11 is 0. The van der Waals surface area contributed by atoms with E-state index in [1.165, 1.54) is 13.5 Å². The summed E-state index contributed by atoms with van der Waals surface area (Å²) in [5.74, 6) is 0. The van der Waals surface area contributed by atoms with Gasteiger partial charge in [-0.3, -0.25) is 8.78 Å². The van der Waals surface area contributed by atoms with Crippen molar-refractivity contribution in [2.24, 2.45) is 0 Å². The minimum Gasteiger partial charge on any atom is -0.552 e. The summed E-state index contributed by atoms with van der Waals surface area (Å²) in [7, 11) is 1.42. The Morgan fingerprint density at radius 3 is 1.55 bits per heavy atom. The molecule has 0 saturated heterocycles. The first-order valence-corrected chi connectivity index (χ1v) is 2.57. The fourth-order valence-electron chi connectivity index (χ4n) is 0.0630. The Morgan fingerprint density at radius 1 is 1.18 bits per heavy atom. The molecule has 11 heavy (non-hydrogen) atoms. The summed E-state index contributed by atoms with van der Waals surface area (Å²) in [6, 6.07) is 0. The first-order valence-electron chi connectivity index (χ1n) is 2.57. The van der Waals surface area contributed by atoms with Crippen LogP contribution in [0.3, 0.4) is 0 Å². The predicted octanol–water partition coefficient (Wildman–Crippen LogP) is 1.94. The van der Waals surface area contributed by atoms with Crippen LogP contribution in [0.15, 0.2) is 0 Å². The first-order chi connectivity index (χ1) is 4.33. The number of halogens is 2. The van der Waals surface area contributed by atoms with Gasteiger partial charge in [-0.15, -0.1) is 0 Å². The summed E-state index contributed by atoms with van der Waals surface area (Å²) in [4.78, 5) is 0. The Hall–Kier alpha value is 2.03. The molecule has 0 saturated carbocycles. The maximum atomic E-state index is 10.8. The first kappa shape index (κ1) is 23.1. The molecule has 0 fully saturated rings. The Bertz CT molecular complexity index is 37.8. The van der Waals surface area contributed by atoms with Gasteiger partial charge in [-0.2, -0.15) is 13.5 Å². The molecule has 2 radical (unpaired) electrons. The molecule has 0 aliphatic carbocycles. The van der Waals surface area contributed by atoms with Gasteiger partial charge in [0.15, 0.2) is 0 Å². The van der Waals surface area contributed by atoms with E-state index in [4.69, 9.17) is 0 Å². The molecule has 0 aliphatic rings. The van der Waals surface area contributed by atoms with Gasteiger partial charge in [-0.25, -0.2) is 0 Å². The molecule has 5 heteroatoms. The minimum absolute atomic E-state index is 0. The van der Waals surface area contributed by atoms with Crippen LogP contribution >= 0.6 is 0 Å². The molecule has 0 rings (SSSR count). The van der Waals surface area contributed by atoms with Gasteiger partial charge in [0.1, 0.15) is 0 Å². The average molecular weight is 316 g/mol. The van der Waals surface area contributed by atoms with Crippen LogP contribution in [0.25, 0.3) is 0 Å². The third-order valence-electron chi connectivity index (χ3n) is 0.384. The van der Waals surface area contributed by atoms with Gasteiger partial charge in [0.25, 0.3) is 0 Å².